The van der Waals surface area contributed by atoms with Gasteiger partial charge in [0.05, 0.1) is 7.05 Å². The van der Waals surface area contributed by atoms with Crippen molar-refractivity contribution < 1.29 is 57.6 Å². The van der Waals surface area contributed by atoms with Gasteiger partial charge in [-0.15, -0.1) is 10.1 Å². The number of hydroxylamine groups is 2. The topological polar surface area (TPSA) is 113 Å². The first-order valence-electron chi connectivity index (χ1n) is 9.50. The van der Waals surface area contributed by atoms with Crippen molar-refractivity contribution in [3.63, 3.8) is 0 Å². The molecule has 1 aliphatic heterocycles. The normalized spacial score (nSPS) is 19.4. The summed E-state index contributed by atoms with van der Waals surface area (Å²) in [4.78, 5) is 11.0. The third-order valence-corrected chi connectivity index (χ3v) is 7.35. The van der Waals surface area contributed by atoms with Crippen molar-refractivity contribution in [3.05, 3.63) is 22.8 Å². The van der Waals surface area contributed by atoms with E-state index in [2.05, 4.69) is 27.7 Å². The minimum absolute atomic E-state index is 0.00308. The molecule has 0 saturated carbocycles. The highest BCUT2D eigenvalue weighted by molar-refractivity contribution is 8.13. The van der Waals surface area contributed by atoms with Gasteiger partial charge in [-0.1, -0.05) is 0 Å². The fourth-order valence-electron chi connectivity index (χ4n) is 3.11. The van der Waals surface area contributed by atoms with Gasteiger partial charge >= 0.3 is 11.0 Å². The molecule has 0 aliphatic carbocycles. The van der Waals surface area contributed by atoms with Crippen LogP contribution >= 0.6 is 0 Å². The monoisotopic (exact) mass is 548 g/mol. The fraction of sp³-hybridized carbons (Fsp3) is 0.812. The average molecular weight is 549 g/mol. The van der Waals surface area contributed by atoms with Gasteiger partial charge in [-0.3, -0.25) is 0 Å². The van der Waals surface area contributed by atoms with Gasteiger partial charge in [-0.2, -0.15) is 31.2 Å². The van der Waals surface area contributed by atoms with Crippen LogP contribution < -0.4 is 4.57 Å². The van der Waals surface area contributed by atoms with Crippen molar-refractivity contribution in [1.29, 1.82) is 0 Å². The predicted molar refractivity (Wildman–Crippen MR) is 105 cm³/mol. The van der Waals surface area contributed by atoms with Gasteiger partial charge in [0, 0.05) is 11.1 Å². The molecular formula is C16H26F6N4O6S2. The number of sulfonamides is 2. The van der Waals surface area contributed by atoms with Crippen LogP contribution in [0.15, 0.2) is 18.7 Å². The molecule has 0 N–H and O–H groups in total. The van der Waals surface area contributed by atoms with Crippen LogP contribution in [0.3, 0.4) is 0 Å². The van der Waals surface area contributed by atoms with Gasteiger partial charge in [-0.25, -0.2) is 26.0 Å². The molecular weight excluding hydrogens is 522 g/mol. The number of alkyl halides is 6. The number of halogens is 6. The highest BCUT2D eigenvalue weighted by Crippen LogP contribution is 2.38. The summed E-state index contributed by atoms with van der Waals surface area (Å²) in [5, 5.41) is 2.01. The molecule has 0 amide bonds. The van der Waals surface area contributed by atoms with Crippen molar-refractivity contribution >= 4 is 20.0 Å². The number of rotatable bonds is 6. The highest BCUT2D eigenvalue weighted by atomic mass is 32.3. The summed E-state index contributed by atoms with van der Waals surface area (Å²) < 4.78 is 113. The Morgan fingerprint density at radius 1 is 0.941 bits per heavy atom. The Labute approximate surface area is 193 Å². The quantitative estimate of drug-likeness (QED) is 0.232. The first-order chi connectivity index (χ1) is 15.0. The molecule has 0 atom stereocenters. The first kappa shape index (κ1) is 30.6. The van der Waals surface area contributed by atoms with Crippen LogP contribution in [0.4, 0.5) is 26.3 Å². The summed E-state index contributed by atoms with van der Waals surface area (Å²) >= 11 is 0. The summed E-state index contributed by atoms with van der Waals surface area (Å²) in [6, 6.07) is 0. The maximum atomic E-state index is 11.4. The van der Waals surface area contributed by atoms with Crippen LogP contribution in [0.2, 0.25) is 0 Å². The molecule has 1 aliphatic rings. The van der Waals surface area contributed by atoms with Gasteiger partial charge < -0.3 is 4.13 Å². The van der Waals surface area contributed by atoms with E-state index in [0.717, 1.165) is 17.0 Å². The minimum atomic E-state index is -6.72. The standard InChI is InChI=1S/C14H26N3O2.C2F6NO4S2/c1-13(2)7-6-8-14(3,4)17(13)19-18-12-16-10-9-15(5)11-16;3-1(4,5)14(10,11)9-15(12,13)2(6,7)8/h9-11H,6-8,12H2,1-5H3;/q+1;-1. The van der Waals surface area contributed by atoms with E-state index in [1.165, 1.54) is 6.42 Å². The summed E-state index contributed by atoms with van der Waals surface area (Å²) in [5.74, 6) is 0. The predicted octanol–water partition coefficient (Wildman–Crippen LogP) is 3.24. The zero-order chi connectivity index (χ0) is 26.8. The Bertz CT molecular complexity index is 977. The zero-order valence-corrected chi connectivity index (χ0v) is 20.5. The smallest absolute Gasteiger partial charge is 0.421 e. The second-order valence-electron chi connectivity index (χ2n) is 8.60. The van der Waals surface area contributed by atoms with Crippen LogP contribution in [0.1, 0.15) is 47.0 Å². The van der Waals surface area contributed by atoms with E-state index >= 15 is 0 Å². The number of aryl methyl sites for hydroxylation is 1. The van der Waals surface area contributed by atoms with Crippen molar-refractivity contribution in [2.45, 2.75) is 75.8 Å². The number of hydrogen-bond acceptors (Lipinski definition) is 7. The van der Waals surface area contributed by atoms with Crippen LogP contribution in [0, 0.1) is 0 Å². The molecule has 0 unspecified atom stereocenters. The summed E-state index contributed by atoms with van der Waals surface area (Å²) in [5.41, 5.74) is -12.4. The third-order valence-electron chi connectivity index (χ3n) is 4.61. The Balaban J connectivity index is 0.000000352. The third kappa shape index (κ3) is 8.04. The summed E-state index contributed by atoms with van der Waals surface area (Å²) in [6.07, 6.45) is 9.35. The van der Waals surface area contributed by atoms with Gasteiger partial charge in [0.1, 0.15) is 12.4 Å². The van der Waals surface area contributed by atoms with E-state index in [9.17, 15) is 43.2 Å². The average Bonchev–Trinajstić information content (AvgIpc) is 3.00. The van der Waals surface area contributed by atoms with Crippen molar-refractivity contribution in [1.82, 2.24) is 9.63 Å². The largest absolute Gasteiger partial charge is 0.480 e. The van der Waals surface area contributed by atoms with Gasteiger partial charge in [0.15, 0.2) is 20.0 Å². The molecule has 34 heavy (non-hydrogen) atoms. The molecule has 2 heterocycles. The lowest BCUT2D eigenvalue weighted by Crippen LogP contribution is -2.58. The molecule has 0 radical (unpaired) electrons. The molecule has 10 nitrogen and oxygen atoms in total. The number of imidazole rings is 1. The van der Waals surface area contributed by atoms with Gasteiger partial charge in [0.25, 0.3) is 0 Å². The lowest BCUT2D eigenvalue weighted by molar-refractivity contribution is -0.671. The fourth-order valence-corrected chi connectivity index (χ4v) is 4.82. The maximum Gasteiger partial charge on any atom is 0.480 e. The van der Waals surface area contributed by atoms with Gasteiger partial charge in [-0.05, 0) is 47.0 Å². The molecule has 0 spiro atoms. The molecule has 2 rings (SSSR count). The van der Waals surface area contributed by atoms with Crippen molar-refractivity contribution in [2.75, 3.05) is 0 Å². The first-order valence-corrected chi connectivity index (χ1v) is 12.4. The SMILES string of the molecule is C[n+]1ccn(COON2C(C)(C)CCCC2(C)C)c1.O=S(=O)([N-]S(=O)(=O)C(F)(F)F)C(F)(F)F. The maximum absolute atomic E-state index is 11.4. The molecule has 0 aromatic carbocycles. The van der Waals surface area contributed by atoms with E-state index in [1.54, 1.807) is 0 Å². The molecule has 200 valence electrons. The van der Waals surface area contributed by atoms with E-state index in [1.807, 2.05) is 40.0 Å². The Morgan fingerprint density at radius 2 is 1.38 bits per heavy atom. The van der Waals surface area contributed by atoms with Gasteiger partial charge in [0.2, 0.25) is 13.1 Å². The van der Waals surface area contributed by atoms with E-state index in [4.69, 9.17) is 9.88 Å². The molecule has 1 fully saturated rings. The van der Waals surface area contributed by atoms with E-state index in [0.29, 0.717) is 6.73 Å². The summed E-state index contributed by atoms with van der Waals surface area (Å²) in [7, 11) is -11.5. The summed E-state index contributed by atoms with van der Waals surface area (Å²) in [6.45, 7) is 9.20. The Morgan fingerprint density at radius 3 is 1.74 bits per heavy atom. The lowest BCUT2D eigenvalue weighted by Gasteiger charge is -2.49. The van der Waals surface area contributed by atoms with Crippen LogP contribution in [-0.4, -0.2) is 48.6 Å². The molecule has 0 bridgehead atoms. The molecule has 1 saturated heterocycles. The second kappa shape index (κ2) is 10.3. The number of nitrogens with zero attached hydrogens (tertiary/aromatic N) is 4. The zero-order valence-electron chi connectivity index (χ0n) is 18.9. The van der Waals surface area contributed by atoms with Crippen molar-refractivity contribution in [2.24, 2.45) is 7.05 Å². The number of piperidine rings is 1. The molecule has 1 aromatic heterocycles. The highest BCUT2D eigenvalue weighted by Gasteiger charge is 2.47. The lowest BCUT2D eigenvalue weighted by atomic mass is 9.82. The number of aromatic nitrogens is 2. The molecule has 1 aromatic rings. The van der Waals surface area contributed by atoms with Crippen LogP contribution in [0.25, 0.3) is 4.13 Å². The van der Waals surface area contributed by atoms with Crippen LogP contribution in [0.5, 0.6) is 0 Å². The Kier molecular flexibility index (Phi) is 9.22. The van der Waals surface area contributed by atoms with Crippen molar-refractivity contribution in [3.8, 4) is 0 Å². The minimum Gasteiger partial charge on any atom is -0.421 e. The second-order valence-corrected chi connectivity index (χ2v) is 12.0. The molecule has 18 heteroatoms. The Hall–Kier alpha value is -1.47. The van der Waals surface area contributed by atoms with E-state index < -0.39 is 31.1 Å². The van der Waals surface area contributed by atoms with Crippen LogP contribution in [-0.2, 0) is 43.7 Å². The number of hydrogen-bond donors (Lipinski definition) is 0. The van der Waals surface area contributed by atoms with E-state index in [-0.39, 0.29) is 11.1 Å².